The number of hydrogen-bond donors (Lipinski definition) is 0. The molecule has 3 rings (SSSR count). The van der Waals surface area contributed by atoms with Gasteiger partial charge in [-0.2, -0.15) is 0 Å². The van der Waals surface area contributed by atoms with Crippen molar-refractivity contribution < 1.29 is 28.6 Å². The molecule has 0 unspecified atom stereocenters. The van der Waals surface area contributed by atoms with E-state index in [1.165, 1.54) is 7.11 Å². The molecule has 2 aliphatic rings. The van der Waals surface area contributed by atoms with E-state index in [1.807, 2.05) is 6.07 Å². The zero-order valence-corrected chi connectivity index (χ0v) is 18.4. The van der Waals surface area contributed by atoms with Gasteiger partial charge in [0.2, 0.25) is 5.78 Å². The van der Waals surface area contributed by atoms with Crippen molar-refractivity contribution in [2.75, 3.05) is 7.11 Å². The van der Waals surface area contributed by atoms with Crippen molar-refractivity contribution in [2.24, 2.45) is 0 Å². The fourth-order valence-corrected chi connectivity index (χ4v) is 4.27. The van der Waals surface area contributed by atoms with Crippen LogP contribution in [0.1, 0.15) is 45.6 Å². The Kier molecular flexibility index (Phi) is 5.94. The molecule has 1 saturated carbocycles. The van der Waals surface area contributed by atoms with Crippen molar-refractivity contribution in [3.05, 3.63) is 71.8 Å². The number of Topliss-reactive ketones (excluding diaryl/α,β-unsaturated/α-hetero) is 1. The van der Waals surface area contributed by atoms with Crippen molar-refractivity contribution in [1.29, 1.82) is 0 Å². The minimum absolute atomic E-state index is 0.0817. The van der Waals surface area contributed by atoms with E-state index in [2.05, 4.69) is 6.58 Å². The first-order valence-corrected chi connectivity index (χ1v) is 10.2. The lowest BCUT2D eigenvalue weighted by Crippen LogP contribution is -2.48. The number of rotatable bonds is 3. The molecule has 0 N–H and O–H groups in total. The highest BCUT2D eigenvalue weighted by Crippen LogP contribution is 2.48. The van der Waals surface area contributed by atoms with Gasteiger partial charge < -0.3 is 14.2 Å². The van der Waals surface area contributed by atoms with Crippen LogP contribution in [-0.2, 0) is 29.2 Å². The number of ketones is 1. The largest absolute Gasteiger partial charge is 0.509 e. The van der Waals surface area contributed by atoms with Crippen molar-refractivity contribution in [3.8, 4) is 0 Å². The van der Waals surface area contributed by atoms with Crippen LogP contribution in [0.2, 0.25) is 0 Å². The number of esters is 1. The van der Waals surface area contributed by atoms with Crippen LogP contribution in [-0.4, -0.2) is 36.2 Å². The summed E-state index contributed by atoms with van der Waals surface area (Å²) in [6.07, 6.45) is 4.53. The molecule has 0 amide bonds. The fourth-order valence-electron chi connectivity index (χ4n) is 4.27. The molecule has 0 heterocycles. The molecule has 0 spiro atoms. The molecule has 2 bridgehead atoms. The molecule has 164 valence electrons. The van der Waals surface area contributed by atoms with Gasteiger partial charge in [0, 0.05) is 18.4 Å². The van der Waals surface area contributed by atoms with Crippen LogP contribution in [0.15, 0.2) is 66.3 Å². The second kappa shape index (κ2) is 8.17. The Morgan fingerprint density at radius 1 is 1.10 bits per heavy atom. The molecule has 1 aromatic carbocycles. The molecule has 6 heteroatoms. The van der Waals surface area contributed by atoms with Crippen LogP contribution >= 0.6 is 0 Å². The quantitative estimate of drug-likeness (QED) is 0.521. The molecule has 0 radical (unpaired) electrons. The summed E-state index contributed by atoms with van der Waals surface area (Å²) in [6.45, 7) is 9.27. The van der Waals surface area contributed by atoms with E-state index < -0.39 is 34.5 Å². The second-order valence-corrected chi connectivity index (χ2v) is 8.97. The molecule has 0 saturated heterocycles. The first kappa shape index (κ1) is 22.5. The fraction of sp³-hybridized carbons (Fsp3) is 0.400. The molecule has 2 aliphatic carbocycles. The number of hydrogen-bond acceptors (Lipinski definition) is 6. The van der Waals surface area contributed by atoms with Gasteiger partial charge in [0.1, 0.15) is 11.0 Å². The van der Waals surface area contributed by atoms with Gasteiger partial charge in [0.25, 0.3) is 0 Å². The Labute approximate surface area is 182 Å². The standard InChI is InChI=1S/C25H28O6/c1-17-15-24(31-22(28)30-23(2,3)4)14-10-9-13-19(20(24)26)25(16-17,21(27)29-5)18-11-7-6-8-12-18/h6-13H,1,14-16H2,2-5H3/t24-,25-/m0/s1. The van der Waals surface area contributed by atoms with E-state index in [-0.39, 0.29) is 24.8 Å². The maximum absolute atomic E-state index is 13.9. The van der Waals surface area contributed by atoms with Crippen molar-refractivity contribution in [1.82, 2.24) is 0 Å². The summed E-state index contributed by atoms with van der Waals surface area (Å²) >= 11 is 0. The molecule has 31 heavy (non-hydrogen) atoms. The van der Waals surface area contributed by atoms with Crippen molar-refractivity contribution >= 4 is 17.9 Å². The molecule has 2 atom stereocenters. The third-order valence-corrected chi connectivity index (χ3v) is 5.48. The Bertz CT molecular complexity index is 965. The highest BCUT2D eigenvalue weighted by atomic mass is 16.7. The average molecular weight is 424 g/mol. The number of carbonyl (C=O) groups is 3. The van der Waals surface area contributed by atoms with Crippen LogP contribution in [0, 0.1) is 0 Å². The number of carbonyl (C=O) groups excluding carboxylic acids is 3. The van der Waals surface area contributed by atoms with E-state index in [4.69, 9.17) is 14.2 Å². The van der Waals surface area contributed by atoms with E-state index in [9.17, 15) is 14.4 Å². The average Bonchev–Trinajstić information content (AvgIpc) is 2.89. The molecular formula is C25H28O6. The highest BCUT2D eigenvalue weighted by molar-refractivity contribution is 6.11. The summed E-state index contributed by atoms with van der Waals surface area (Å²) in [7, 11) is 1.29. The van der Waals surface area contributed by atoms with Crippen molar-refractivity contribution in [3.63, 3.8) is 0 Å². The predicted molar refractivity (Wildman–Crippen MR) is 115 cm³/mol. The van der Waals surface area contributed by atoms with Gasteiger partial charge in [-0.05, 0) is 32.8 Å². The molecule has 0 aromatic heterocycles. The zero-order chi connectivity index (χ0) is 22.9. The zero-order valence-electron chi connectivity index (χ0n) is 18.4. The minimum atomic E-state index is -1.54. The van der Waals surface area contributed by atoms with E-state index in [0.717, 1.165) is 0 Å². The third-order valence-electron chi connectivity index (χ3n) is 5.48. The van der Waals surface area contributed by atoms with Gasteiger partial charge in [-0.25, -0.2) is 4.79 Å². The maximum atomic E-state index is 13.9. The molecular weight excluding hydrogens is 396 g/mol. The highest BCUT2D eigenvalue weighted by Gasteiger charge is 2.57. The summed E-state index contributed by atoms with van der Waals surface area (Å²) in [5, 5.41) is 0. The Morgan fingerprint density at radius 2 is 1.77 bits per heavy atom. The second-order valence-electron chi connectivity index (χ2n) is 8.97. The smallest absolute Gasteiger partial charge is 0.468 e. The molecule has 1 aromatic rings. The van der Waals surface area contributed by atoms with Crippen LogP contribution in [0.5, 0.6) is 0 Å². The maximum Gasteiger partial charge on any atom is 0.509 e. The van der Waals surface area contributed by atoms with E-state index in [0.29, 0.717) is 11.1 Å². The van der Waals surface area contributed by atoms with Gasteiger partial charge in [-0.3, -0.25) is 9.59 Å². The molecule has 6 nitrogen and oxygen atoms in total. The first-order valence-electron chi connectivity index (χ1n) is 10.2. The topological polar surface area (TPSA) is 78.9 Å². The van der Waals surface area contributed by atoms with Gasteiger partial charge in [0.15, 0.2) is 5.60 Å². The summed E-state index contributed by atoms with van der Waals surface area (Å²) in [4.78, 5) is 39.7. The van der Waals surface area contributed by atoms with Crippen LogP contribution in [0.25, 0.3) is 0 Å². The van der Waals surface area contributed by atoms with Crippen LogP contribution in [0.4, 0.5) is 4.79 Å². The minimum Gasteiger partial charge on any atom is -0.468 e. The third kappa shape index (κ3) is 4.20. The number of methoxy groups -OCH3 is 1. The summed E-state index contributed by atoms with van der Waals surface area (Å²) < 4.78 is 16.2. The Balaban J connectivity index is 2.17. The molecule has 0 aliphatic heterocycles. The Hall–Kier alpha value is -3.15. The lowest BCUT2D eigenvalue weighted by atomic mass is 9.69. The Morgan fingerprint density at radius 3 is 2.39 bits per heavy atom. The first-order chi connectivity index (χ1) is 14.5. The summed E-state index contributed by atoms with van der Waals surface area (Å²) in [5.41, 5.74) is -2.28. The number of ether oxygens (including phenoxy) is 3. The van der Waals surface area contributed by atoms with E-state index in [1.54, 1.807) is 63.3 Å². The van der Waals surface area contributed by atoms with Gasteiger partial charge in [-0.1, -0.05) is 60.7 Å². The van der Waals surface area contributed by atoms with Crippen molar-refractivity contribution in [2.45, 2.75) is 56.7 Å². The number of allylic oxidation sites excluding steroid dienone is 2. The SMILES string of the molecule is C=C1C[C@@]2(OC(=O)OC(C)(C)C)CC=CC=C(C2=O)[C@@](C(=O)OC)(c2ccccc2)C1. The lowest BCUT2D eigenvalue weighted by molar-refractivity contribution is -0.148. The van der Waals surface area contributed by atoms with Crippen LogP contribution < -0.4 is 0 Å². The summed E-state index contributed by atoms with van der Waals surface area (Å²) in [6, 6.07) is 9.01. The van der Waals surface area contributed by atoms with Gasteiger partial charge >= 0.3 is 12.1 Å². The lowest BCUT2D eigenvalue weighted by Gasteiger charge is -2.34. The summed E-state index contributed by atoms with van der Waals surface area (Å²) in [5.74, 6) is -1.01. The van der Waals surface area contributed by atoms with E-state index >= 15 is 0 Å². The van der Waals surface area contributed by atoms with Crippen LogP contribution in [0.3, 0.4) is 0 Å². The monoisotopic (exact) mass is 424 g/mol. The number of fused-ring (bicyclic) bond motifs is 2. The van der Waals surface area contributed by atoms with Gasteiger partial charge in [0.05, 0.1) is 7.11 Å². The van der Waals surface area contributed by atoms with Gasteiger partial charge in [-0.15, -0.1) is 0 Å². The normalized spacial score (nSPS) is 25.7. The molecule has 1 fully saturated rings. The number of benzene rings is 1. The predicted octanol–water partition coefficient (Wildman–Crippen LogP) is 4.59.